The summed E-state index contributed by atoms with van der Waals surface area (Å²) in [5.74, 6) is 0.944. The van der Waals surface area contributed by atoms with Gasteiger partial charge in [-0.3, -0.25) is 0 Å². The van der Waals surface area contributed by atoms with E-state index in [0.29, 0.717) is 6.61 Å². The summed E-state index contributed by atoms with van der Waals surface area (Å²) in [5, 5.41) is 0. The van der Waals surface area contributed by atoms with Gasteiger partial charge in [-0.15, -0.1) is 0 Å². The Balaban J connectivity index is 2.51. The van der Waals surface area contributed by atoms with E-state index in [1.54, 1.807) is 0 Å². The highest BCUT2D eigenvalue weighted by molar-refractivity contribution is 5.63. The molecule has 1 aromatic rings. The van der Waals surface area contributed by atoms with Gasteiger partial charge in [-0.25, -0.2) is 0 Å². The highest BCUT2D eigenvalue weighted by Crippen LogP contribution is 2.38. The van der Waals surface area contributed by atoms with Crippen LogP contribution in [0.2, 0.25) is 0 Å². The van der Waals surface area contributed by atoms with Gasteiger partial charge in [0.1, 0.15) is 12.4 Å². The van der Waals surface area contributed by atoms with Crippen molar-refractivity contribution < 1.29 is 4.74 Å². The van der Waals surface area contributed by atoms with Gasteiger partial charge in [-0.1, -0.05) is 12.1 Å². The van der Waals surface area contributed by atoms with Gasteiger partial charge >= 0.3 is 0 Å². The third-order valence-corrected chi connectivity index (χ3v) is 2.31. The summed E-state index contributed by atoms with van der Waals surface area (Å²) in [6.07, 6.45) is 0. The smallest absolute Gasteiger partial charge is 0.147 e. The van der Waals surface area contributed by atoms with E-state index in [2.05, 4.69) is 0 Å². The fourth-order valence-corrected chi connectivity index (χ4v) is 1.61. The number of para-hydroxylation sites is 1. The Morgan fingerprint density at radius 1 is 1.46 bits per heavy atom. The zero-order chi connectivity index (χ0) is 9.42. The minimum Gasteiger partial charge on any atom is -0.489 e. The van der Waals surface area contributed by atoms with Gasteiger partial charge in [0, 0.05) is 19.7 Å². The summed E-state index contributed by atoms with van der Waals surface area (Å²) in [4.78, 5) is 2.04. The number of fused-ring (bicyclic) bond motifs is 1. The van der Waals surface area contributed by atoms with Crippen LogP contribution >= 0.6 is 0 Å². The Labute approximate surface area is 78.1 Å². The Kier molecular flexibility index (Phi) is 1.88. The Bertz CT molecular complexity index is 323. The number of anilines is 1. The van der Waals surface area contributed by atoms with E-state index in [9.17, 15) is 0 Å². The third-order valence-electron chi connectivity index (χ3n) is 2.31. The molecule has 0 aromatic heterocycles. The summed E-state index contributed by atoms with van der Waals surface area (Å²) in [6, 6.07) is 6.12. The molecular formula is C10H14N2O. The summed E-state index contributed by atoms with van der Waals surface area (Å²) in [7, 11) is 4.01. The molecular weight excluding hydrogens is 164 g/mol. The molecule has 2 rings (SSSR count). The summed E-state index contributed by atoms with van der Waals surface area (Å²) >= 11 is 0. The van der Waals surface area contributed by atoms with E-state index in [1.807, 2.05) is 37.2 Å². The molecule has 0 bridgehead atoms. The lowest BCUT2D eigenvalue weighted by atomic mass is 10.1. The minimum absolute atomic E-state index is 0.0369. The van der Waals surface area contributed by atoms with Crippen LogP contribution in [-0.4, -0.2) is 20.7 Å². The van der Waals surface area contributed by atoms with Crippen LogP contribution in [-0.2, 0) is 0 Å². The normalized spacial score (nSPS) is 19.5. The maximum absolute atomic E-state index is 5.87. The largest absolute Gasteiger partial charge is 0.489 e. The van der Waals surface area contributed by atoms with Gasteiger partial charge < -0.3 is 15.4 Å². The summed E-state index contributed by atoms with van der Waals surface area (Å²) < 4.78 is 5.54. The monoisotopic (exact) mass is 178 g/mol. The van der Waals surface area contributed by atoms with Crippen molar-refractivity contribution in [3.63, 3.8) is 0 Å². The average molecular weight is 178 g/mol. The van der Waals surface area contributed by atoms with Crippen LogP contribution in [0.15, 0.2) is 18.2 Å². The first-order valence-corrected chi connectivity index (χ1v) is 4.39. The number of benzene rings is 1. The second kappa shape index (κ2) is 2.92. The van der Waals surface area contributed by atoms with Crippen molar-refractivity contribution in [2.75, 3.05) is 25.6 Å². The lowest BCUT2D eigenvalue weighted by Gasteiger charge is -2.15. The first-order chi connectivity index (χ1) is 6.20. The van der Waals surface area contributed by atoms with Crippen LogP contribution in [0, 0.1) is 0 Å². The lowest BCUT2D eigenvalue weighted by Crippen LogP contribution is -2.10. The van der Waals surface area contributed by atoms with Gasteiger partial charge in [0.15, 0.2) is 0 Å². The van der Waals surface area contributed by atoms with Gasteiger partial charge in [0.05, 0.1) is 11.7 Å². The number of rotatable bonds is 1. The fourth-order valence-electron chi connectivity index (χ4n) is 1.61. The van der Waals surface area contributed by atoms with Crippen molar-refractivity contribution in [1.29, 1.82) is 0 Å². The van der Waals surface area contributed by atoms with Gasteiger partial charge in [-0.2, -0.15) is 0 Å². The number of hydrogen-bond donors (Lipinski definition) is 1. The maximum Gasteiger partial charge on any atom is 0.147 e. The second-order valence-corrected chi connectivity index (χ2v) is 3.51. The molecule has 3 nitrogen and oxygen atoms in total. The zero-order valence-corrected chi connectivity index (χ0v) is 7.95. The summed E-state index contributed by atoms with van der Waals surface area (Å²) in [6.45, 7) is 0.597. The zero-order valence-electron chi connectivity index (χ0n) is 7.95. The number of hydrogen-bond acceptors (Lipinski definition) is 3. The van der Waals surface area contributed by atoms with Crippen molar-refractivity contribution in [2.45, 2.75) is 6.04 Å². The first kappa shape index (κ1) is 8.38. The van der Waals surface area contributed by atoms with E-state index in [4.69, 9.17) is 10.5 Å². The molecule has 0 fully saturated rings. The van der Waals surface area contributed by atoms with Gasteiger partial charge in [0.25, 0.3) is 0 Å². The molecule has 3 heteroatoms. The van der Waals surface area contributed by atoms with Crippen molar-refractivity contribution in [1.82, 2.24) is 0 Å². The molecule has 0 saturated carbocycles. The molecule has 1 atom stereocenters. The molecule has 0 aliphatic carbocycles. The van der Waals surface area contributed by atoms with Crippen LogP contribution in [0.5, 0.6) is 5.75 Å². The molecule has 1 aromatic carbocycles. The molecule has 1 aliphatic rings. The first-order valence-electron chi connectivity index (χ1n) is 4.39. The van der Waals surface area contributed by atoms with Crippen molar-refractivity contribution in [3.8, 4) is 5.75 Å². The van der Waals surface area contributed by atoms with E-state index in [-0.39, 0.29) is 6.04 Å². The van der Waals surface area contributed by atoms with Crippen LogP contribution in [0.25, 0.3) is 0 Å². The Morgan fingerprint density at radius 3 is 2.92 bits per heavy atom. The maximum atomic E-state index is 5.87. The number of nitrogens with two attached hydrogens (primary N) is 1. The average Bonchev–Trinajstić information content (AvgIpc) is 2.48. The van der Waals surface area contributed by atoms with Crippen LogP contribution in [0.3, 0.4) is 0 Å². The Morgan fingerprint density at radius 2 is 2.23 bits per heavy atom. The van der Waals surface area contributed by atoms with E-state index < -0.39 is 0 Å². The van der Waals surface area contributed by atoms with E-state index >= 15 is 0 Å². The predicted molar refractivity (Wildman–Crippen MR) is 53.2 cm³/mol. The number of nitrogens with zero attached hydrogens (tertiary/aromatic N) is 1. The van der Waals surface area contributed by atoms with E-state index in [0.717, 1.165) is 17.0 Å². The second-order valence-electron chi connectivity index (χ2n) is 3.51. The van der Waals surface area contributed by atoms with Gasteiger partial charge in [0.2, 0.25) is 0 Å². The molecule has 0 spiro atoms. The quantitative estimate of drug-likeness (QED) is 0.701. The summed E-state index contributed by atoms with van der Waals surface area (Å²) in [5.41, 5.74) is 8.09. The van der Waals surface area contributed by atoms with Crippen LogP contribution in [0.1, 0.15) is 11.6 Å². The SMILES string of the molecule is CN(C)c1cccc2c1OCC2N. The van der Waals surface area contributed by atoms with Crippen LogP contribution in [0.4, 0.5) is 5.69 Å². The molecule has 2 N–H and O–H groups in total. The Hall–Kier alpha value is -1.22. The standard InChI is InChI=1S/C10H14N2O/c1-12(2)9-5-3-4-7-8(11)6-13-10(7)9/h3-5,8H,6,11H2,1-2H3. The molecule has 0 saturated heterocycles. The van der Waals surface area contributed by atoms with E-state index in [1.165, 1.54) is 0 Å². The van der Waals surface area contributed by atoms with Crippen molar-refractivity contribution >= 4 is 5.69 Å². The minimum atomic E-state index is 0.0369. The highest BCUT2D eigenvalue weighted by Gasteiger charge is 2.23. The molecule has 1 unspecified atom stereocenters. The molecule has 1 aliphatic heterocycles. The molecule has 1 heterocycles. The van der Waals surface area contributed by atoms with Gasteiger partial charge in [-0.05, 0) is 6.07 Å². The fraction of sp³-hybridized carbons (Fsp3) is 0.400. The molecule has 0 radical (unpaired) electrons. The van der Waals surface area contributed by atoms with Crippen molar-refractivity contribution in [3.05, 3.63) is 23.8 Å². The molecule has 0 amide bonds. The number of ether oxygens (including phenoxy) is 1. The van der Waals surface area contributed by atoms with Crippen molar-refractivity contribution in [2.24, 2.45) is 5.73 Å². The topological polar surface area (TPSA) is 38.5 Å². The molecule has 13 heavy (non-hydrogen) atoms. The predicted octanol–water partition coefficient (Wildman–Crippen LogP) is 1.14. The highest BCUT2D eigenvalue weighted by atomic mass is 16.5. The third kappa shape index (κ3) is 1.25. The lowest BCUT2D eigenvalue weighted by molar-refractivity contribution is 0.334. The van der Waals surface area contributed by atoms with Crippen LogP contribution < -0.4 is 15.4 Å². The molecule has 70 valence electrons.